The van der Waals surface area contributed by atoms with Crippen LogP contribution >= 0.6 is 11.3 Å². The average molecular weight is 397 g/mol. The smallest absolute Gasteiger partial charge is 0.255 e. The van der Waals surface area contributed by atoms with Crippen molar-refractivity contribution in [1.29, 1.82) is 0 Å². The number of nitrogens with one attached hydrogen (secondary N) is 1. The number of aromatic nitrogens is 1. The summed E-state index contributed by atoms with van der Waals surface area (Å²) in [6.07, 6.45) is 8.15. The fraction of sp³-hybridized carbons (Fsp3) is 0.565. The van der Waals surface area contributed by atoms with Gasteiger partial charge in [-0.05, 0) is 80.8 Å². The van der Waals surface area contributed by atoms with Crippen molar-refractivity contribution in [3.8, 4) is 5.75 Å². The highest BCUT2D eigenvalue weighted by atomic mass is 32.1. The number of para-hydroxylation sites is 1. The van der Waals surface area contributed by atoms with Crippen molar-refractivity contribution in [2.45, 2.75) is 58.1 Å². The summed E-state index contributed by atoms with van der Waals surface area (Å²) in [7, 11) is 0. The van der Waals surface area contributed by atoms with Crippen molar-refractivity contribution in [2.24, 2.45) is 23.2 Å². The van der Waals surface area contributed by atoms with E-state index in [0.717, 1.165) is 23.4 Å². The van der Waals surface area contributed by atoms with Crippen LogP contribution in [0.25, 0.3) is 0 Å². The van der Waals surface area contributed by atoms with E-state index in [1.165, 1.54) is 38.5 Å². The van der Waals surface area contributed by atoms with E-state index in [1.54, 1.807) is 16.8 Å². The van der Waals surface area contributed by atoms with Crippen LogP contribution in [-0.4, -0.2) is 16.9 Å². The number of thiazole rings is 1. The van der Waals surface area contributed by atoms with E-state index in [2.05, 4.69) is 17.2 Å². The molecule has 0 radical (unpaired) electrons. The number of carbonyl (C=O) groups excluding carboxylic acids is 1. The molecule has 4 bridgehead atoms. The molecule has 1 atom stereocenters. The van der Waals surface area contributed by atoms with Crippen LogP contribution in [-0.2, 0) is 6.61 Å². The quantitative estimate of drug-likeness (QED) is 0.743. The van der Waals surface area contributed by atoms with Crippen LogP contribution in [0.4, 0.5) is 0 Å². The summed E-state index contributed by atoms with van der Waals surface area (Å²) in [6, 6.07) is 7.75. The molecule has 0 aliphatic heterocycles. The molecular formula is C23H28N2O2S. The largest absolute Gasteiger partial charge is 0.486 e. The van der Waals surface area contributed by atoms with Gasteiger partial charge in [-0.2, -0.15) is 0 Å². The highest BCUT2D eigenvalue weighted by Gasteiger charge is 2.53. The van der Waals surface area contributed by atoms with E-state index >= 15 is 0 Å². The van der Waals surface area contributed by atoms with E-state index in [0.29, 0.717) is 23.3 Å². The number of benzene rings is 1. The first-order valence-electron chi connectivity index (χ1n) is 10.5. The topological polar surface area (TPSA) is 51.2 Å². The van der Waals surface area contributed by atoms with Crippen molar-refractivity contribution < 1.29 is 9.53 Å². The van der Waals surface area contributed by atoms with Crippen LogP contribution in [0.1, 0.15) is 61.5 Å². The van der Waals surface area contributed by atoms with Gasteiger partial charge in [-0.3, -0.25) is 4.79 Å². The van der Waals surface area contributed by atoms with Crippen molar-refractivity contribution >= 4 is 17.2 Å². The molecule has 0 saturated heterocycles. The number of hydrogen-bond donors (Lipinski definition) is 1. The molecular weight excluding hydrogens is 368 g/mol. The number of ether oxygens (including phenoxy) is 1. The van der Waals surface area contributed by atoms with Gasteiger partial charge in [0, 0.05) is 11.4 Å². The lowest BCUT2D eigenvalue weighted by molar-refractivity contribution is -0.0688. The van der Waals surface area contributed by atoms with Crippen LogP contribution in [0, 0.1) is 23.2 Å². The summed E-state index contributed by atoms with van der Waals surface area (Å²) in [5.74, 6) is 3.28. The van der Waals surface area contributed by atoms with Crippen LogP contribution in [0.3, 0.4) is 0 Å². The van der Waals surface area contributed by atoms with Gasteiger partial charge in [-0.25, -0.2) is 4.98 Å². The molecule has 1 aromatic carbocycles. The Hall–Kier alpha value is -1.88. The van der Waals surface area contributed by atoms with Gasteiger partial charge >= 0.3 is 0 Å². The van der Waals surface area contributed by atoms with E-state index in [9.17, 15) is 4.79 Å². The van der Waals surface area contributed by atoms with Gasteiger partial charge < -0.3 is 10.1 Å². The van der Waals surface area contributed by atoms with E-state index < -0.39 is 0 Å². The van der Waals surface area contributed by atoms with Crippen molar-refractivity contribution in [1.82, 2.24) is 10.3 Å². The minimum absolute atomic E-state index is 0.0166. The van der Waals surface area contributed by atoms with E-state index in [-0.39, 0.29) is 11.9 Å². The first-order chi connectivity index (χ1) is 13.6. The first kappa shape index (κ1) is 18.2. The van der Waals surface area contributed by atoms with Crippen LogP contribution in [0.15, 0.2) is 35.2 Å². The van der Waals surface area contributed by atoms with E-state index in [1.807, 2.05) is 29.6 Å². The van der Waals surface area contributed by atoms with Gasteiger partial charge in [0.05, 0.1) is 16.8 Å². The molecule has 0 unspecified atom stereocenters. The maximum absolute atomic E-state index is 13.1. The van der Waals surface area contributed by atoms with Gasteiger partial charge in [0.1, 0.15) is 12.4 Å². The molecule has 4 aliphatic carbocycles. The Morgan fingerprint density at radius 1 is 1.21 bits per heavy atom. The lowest BCUT2D eigenvalue weighted by Crippen LogP contribution is -2.55. The maximum atomic E-state index is 13.1. The molecule has 4 saturated carbocycles. The Kier molecular flexibility index (Phi) is 4.66. The lowest BCUT2D eigenvalue weighted by Gasteiger charge is -2.59. The number of rotatable bonds is 6. The molecule has 6 rings (SSSR count). The zero-order valence-corrected chi connectivity index (χ0v) is 17.2. The molecule has 1 aromatic heterocycles. The molecule has 5 heteroatoms. The normalized spacial score (nSPS) is 31.5. The molecule has 1 heterocycles. The minimum Gasteiger partial charge on any atom is -0.486 e. The fourth-order valence-electron chi connectivity index (χ4n) is 6.38. The Balaban J connectivity index is 1.29. The average Bonchev–Trinajstić information content (AvgIpc) is 3.19. The highest BCUT2D eigenvalue weighted by Crippen LogP contribution is 2.61. The minimum atomic E-state index is -0.0166. The molecule has 0 spiro atoms. The second kappa shape index (κ2) is 7.18. The number of carbonyl (C=O) groups is 1. The number of hydrogen-bond acceptors (Lipinski definition) is 4. The standard InChI is InChI=1S/C23H28N2O2S/c1-15(23-9-16-6-17(10-23)8-18(7-16)11-23)25-22(26)20-4-2-3-5-21(20)27-12-19-13-28-14-24-19/h2-5,13-18H,6-12H2,1H3,(H,25,26)/t15-,16?,17?,18?,23?/m0/s1. The summed E-state index contributed by atoms with van der Waals surface area (Å²) >= 11 is 1.55. The summed E-state index contributed by atoms with van der Waals surface area (Å²) in [4.78, 5) is 17.4. The van der Waals surface area contributed by atoms with Crippen molar-refractivity contribution in [3.63, 3.8) is 0 Å². The molecule has 28 heavy (non-hydrogen) atoms. The van der Waals surface area contributed by atoms with Crippen molar-refractivity contribution in [2.75, 3.05) is 0 Å². The second-order valence-corrected chi connectivity index (χ2v) is 9.96. The van der Waals surface area contributed by atoms with Gasteiger partial charge in [0.25, 0.3) is 5.91 Å². The molecule has 1 amide bonds. The Morgan fingerprint density at radius 3 is 2.54 bits per heavy atom. The third-order valence-corrected chi connectivity index (χ3v) is 7.98. The molecule has 148 valence electrons. The first-order valence-corrected chi connectivity index (χ1v) is 11.5. The van der Waals surface area contributed by atoms with Gasteiger partial charge in [0.15, 0.2) is 0 Å². The zero-order chi connectivity index (χ0) is 19.1. The Labute approximate surface area is 170 Å². The Morgan fingerprint density at radius 2 is 1.89 bits per heavy atom. The van der Waals surface area contributed by atoms with Gasteiger partial charge in [-0.1, -0.05) is 12.1 Å². The number of nitrogens with zero attached hydrogens (tertiary/aromatic N) is 1. The summed E-state index contributed by atoms with van der Waals surface area (Å²) < 4.78 is 5.92. The highest BCUT2D eigenvalue weighted by molar-refractivity contribution is 7.07. The lowest BCUT2D eigenvalue weighted by atomic mass is 9.48. The molecule has 4 nitrogen and oxygen atoms in total. The van der Waals surface area contributed by atoms with E-state index in [4.69, 9.17) is 4.74 Å². The summed E-state index contributed by atoms with van der Waals surface area (Å²) in [5.41, 5.74) is 3.61. The van der Waals surface area contributed by atoms with Gasteiger partial charge in [0.2, 0.25) is 0 Å². The van der Waals surface area contributed by atoms with Crippen LogP contribution in [0.2, 0.25) is 0 Å². The van der Waals surface area contributed by atoms with Gasteiger partial charge in [-0.15, -0.1) is 11.3 Å². The predicted molar refractivity (Wildman–Crippen MR) is 110 cm³/mol. The maximum Gasteiger partial charge on any atom is 0.255 e. The van der Waals surface area contributed by atoms with Crippen molar-refractivity contribution in [3.05, 3.63) is 46.4 Å². The zero-order valence-electron chi connectivity index (χ0n) is 16.4. The molecule has 1 N–H and O–H groups in total. The monoisotopic (exact) mass is 396 g/mol. The predicted octanol–water partition coefficient (Wildman–Crippen LogP) is 5.06. The van der Waals surface area contributed by atoms with Crippen LogP contribution < -0.4 is 10.1 Å². The fourth-order valence-corrected chi connectivity index (χ4v) is 6.92. The molecule has 2 aromatic rings. The third-order valence-electron chi connectivity index (χ3n) is 7.34. The SMILES string of the molecule is C[C@H](NC(=O)c1ccccc1OCc1cscn1)C12CC3CC(CC(C3)C1)C2. The Bertz CT molecular complexity index is 813. The third kappa shape index (κ3) is 3.34. The summed E-state index contributed by atoms with van der Waals surface area (Å²) in [5, 5.41) is 5.32. The van der Waals surface area contributed by atoms with Crippen LogP contribution in [0.5, 0.6) is 5.75 Å². The molecule has 4 fully saturated rings. The molecule has 4 aliphatic rings. The second-order valence-electron chi connectivity index (χ2n) is 9.24. The number of amides is 1. The summed E-state index contributed by atoms with van der Waals surface area (Å²) in [6.45, 7) is 2.61.